The van der Waals surface area contributed by atoms with E-state index in [4.69, 9.17) is 14.2 Å². The van der Waals surface area contributed by atoms with Gasteiger partial charge in [-0.1, -0.05) is 268 Å². The van der Waals surface area contributed by atoms with Gasteiger partial charge in [-0.05, 0) is 57.8 Å². The van der Waals surface area contributed by atoms with Crippen molar-refractivity contribution >= 4 is 17.9 Å². The highest BCUT2D eigenvalue weighted by atomic mass is 16.6. The maximum atomic E-state index is 12.7. The summed E-state index contributed by atoms with van der Waals surface area (Å²) in [6, 6.07) is 0. The Bertz CT molecular complexity index is 1150. The molecular weight excluding hydrogens is 817 g/mol. The topological polar surface area (TPSA) is 78.9 Å². The van der Waals surface area contributed by atoms with Crippen molar-refractivity contribution in [2.75, 3.05) is 13.2 Å². The summed E-state index contributed by atoms with van der Waals surface area (Å²) < 4.78 is 16.7. The van der Waals surface area contributed by atoms with Crippen molar-refractivity contribution in [3.05, 3.63) is 48.6 Å². The smallest absolute Gasteiger partial charge is 0.306 e. The molecule has 6 heteroatoms. The summed E-state index contributed by atoms with van der Waals surface area (Å²) in [6.07, 6.45) is 67.2. The largest absolute Gasteiger partial charge is 0.462 e. The molecule has 0 aliphatic heterocycles. The van der Waals surface area contributed by atoms with E-state index in [2.05, 4.69) is 69.4 Å². The van der Waals surface area contributed by atoms with Crippen molar-refractivity contribution in [2.24, 2.45) is 0 Å². The first-order valence-electron chi connectivity index (χ1n) is 28.6. The van der Waals surface area contributed by atoms with Crippen LogP contribution in [0.1, 0.15) is 297 Å². The maximum Gasteiger partial charge on any atom is 0.306 e. The number of ether oxygens (including phenoxy) is 3. The predicted molar refractivity (Wildman–Crippen MR) is 284 cm³/mol. The van der Waals surface area contributed by atoms with E-state index in [0.29, 0.717) is 19.3 Å². The lowest BCUT2D eigenvalue weighted by atomic mass is 10.0. The second kappa shape index (κ2) is 55.0. The van der Waals surface area contributed by atoms with Crippen molar-refractivity contribution in [1.29, 1.82) is 0 Å². The Morgan fingerprint density at radius 1 is 0.318 bits per heavy atom. The van der Waals surface area contributed by atoms with Gasteiger partial charge in [0.05, 0.1) is 0 Å². The van der Waals surface area contributed by atoms with Crippen LogP contribution in [0.15, 0.2) is 48.6 Å². The predicted octanol–water partition coefficient (Wildman–Crippen LogP) is 19.0. The minimum absolute atomic E-state index is 0.0675. The molecule has 0 saturated heterocycles. The van der Waals surface area contributed by atoms with E-state index in [1.807, 2.05) is 0 Å². The zero-order valence-corrected chi connectivity index (χ0v) is 44.0. The van der Waals surface area contributed by atoms with Gasteiger partial charge >= 0.3 is 17.9 Å². The van der Waals surface area contributed by atoms with Gasteiger partial charge < -0.3 is 14.2 Å². The number of allylic oxidation sites excluding steroid dienone is 8. The Hall–Kier alpha value is -2.63. The fourth-order valence-electron chi connectivity index (χ4n) is 8.32. The van der Waals surface area contributed by atoms with E-state index in [9.17, 15) is 14.4 Å². The molecular formula is C60H108O6. The van der Waals surface area contributed by atoms with Crippen LogP contribution < -0.4 is 0 Å². The number of hydrogen-bond acceptors (Lipinski definition) is 6. The molecule has 0 N–H and O–H groups in total. The van der Waals surface area contributed by atoms with Crippen LogP contribution in [-0.2, 0) is 28.6 Å². The van der Waals surface area contributed by atoms with Crippen molar-refractivity contribution < 1.29 is 28.6 Å². The second-order valence-corrected chi connectivity index (χ2v) is 19.2. The van der Waals surface area contributed by atoms with E-state index in [1.54, 1.807) is 0 Å². The van der Waals surface area contributed by atoms with Crippen molar-refractivity contribution in [1.82, 2.24) is 0 Å². The Morgan fingerprint density at radius 3 is 0.924 bits per heavy atom. The molecule has 0 aliphatic rings. The van der Waals surface area contributed by atoms with Crippen molar-refractivity contribution in [3.63, 3.8) is 0 Å². The monoisotopic (exact) mass is 925 g/mol. The molecule has 0 radical (unpaired) electrons. The molecule has 0 aromatic carbocycles. The van der Waals surface area contributed by atoms with Crippen LogP contribution in [0.5, 0.6) is 0 Å². The molecule has 1 unspecified atom stereocenters. The van der Waals surface area contributed by atoms with Crippen LogP contribution >= 0.6 is 0 Å². The Morgan fingerprint density at radius 2 is 0.591 bits per heavy atom. The highest BCUT2D eigenvalue weighted by Gasteiger charge is 2.19. The first kappa shape index (κ1) is 63.4. The molecule has 0 heterocycles. The molecule has 0 aromatic rings. The number of carbonyl (C=O) groups is 3. The van der Waals surface area contributed by atoms with Crippen molar-refractivity contribution in [3.8, 4) is 0 Å². The standard InChI is InChI=1S/C60H108O6/c1-4-7-10-13-16-19-20-21-22-23-24-25-26-27-28-29-30-31-32-33-34-35-36-37-38-39-40-42-44-47-50-53-59(62)65-56-57(55-64-58(61)52-49-46-43-18-15-12-9-6-3)66-60(63)54-51-48-45-41-17-14-11-8-5-2/h7,10,16,19,21-22,24-25,57H,4-6,8-9,11-15,17-18,20,23,26-56H2,1-3H3/b10-7-,19-16-,22-21-,25-24-. The molecule has 384 valence electrons. The highest BCUT2D eigenvalue weighted by Crippen LogP contribution is 2.17. The van der Waals surface area contributed by atoms with Gasteiger partial charge in [-0.3, -0.25) is 14.4 Å². The Labute approximate surface area is 409 Å². The summed E-state index contributed by atoms with van der Waals surface area (Å²) in [6.45, 7) is 6.50. The summed E-state index contributed by atoms with van der Waals surface area (Å²) in [5.41, 5.74) is 0. The van der Waals surface area contributed by atoms with Gasteiger partial charge in [-0.25, -0.2) is 0 Å². The first-order chi connectivity index (χ1) is 32.5. The van der Waals surface area contributed by atoms with E-state index in [0.717, 1.165) is 83.5 Å². The van der Waals surface area contributed by atoms with E-state index in [-0.39, 0.29) is 31.1 Å². The molecule has 6 nitrogen and oxygen atoms in total. The SMILES string of the molecule is CC/C=C\C/C=C\C/C=C\C/C=C\CCCCCCCCCCCCCCCCCCCCC(=O)OCC(COC(=O)CCCCCCCCCC)OC(=O)CCCCCCCCCCC. The summed E-state index contributed by atoms with van der Waals surface area (Å²) in [5.74, 6) is -0.862. The van der Waals surface area contributed by atoms with Gasteiger partial charge in [0, 0.05) is 19.3 Å². The molecule has 0 bridgehead atoms. The van der Waals surface area contributed by atoms with Crippen LogP contribution in [0.2, 0.25) is 0 Å². The molecule has 0 saturated carbocycles. The average Bonchev–Trinajstić information content (AvgIpc) is 3.31. The third kappa shape index (κ3) is 52.3. The molecule has 1 atom stereocenters. The van der Waals surface area contributed by atoms with Gasteiger partial charge in [-0.2, -0.15) is 0 Å². The molecule has 0 spiro atoms. The Balaban J connectivity index is 3.94. The third-order valence-corrected chi connectivity index (χ3v) is 12.6. The summed E-state index contributed by atoms with van der Waals surface area (Å²) in [4.78, 5) is 37.8. The maximum absolute atomic E-state index is 12.7. The number of esters is 3. The fourth-order valence-corrected chi connectivity index (χ4v) is 8.32. The highest BCUT2D eigenvalue weighted by molar-refractivity contribution is 5.71. The summed E-state index contributed by atoms with van der Waals surface area (Å²) >= 11 is 0. The second-order valence-electron chi connectivity index (χ2n) is 19.2. The van der Waals surface area contributed by atoms with Gasteiger partial charge in [0.1, 0.15) is 13.2 Å². The number of carbonyl (C=O) groups excluding carboxylic acids is 3. The number of rotatable bonds is 52. The first-order valence-corrected chi connectivity index (χ1v) is 28.6. The van der Waals surface area contributed by atoms with E-state index < -0.39 is 6.10 Å². The molecule has 0 aromatic heterocycles. The van der Waals surface area contributed by atoms with Gasteiger partial charge in [0.25, 0.3) is 0 Å². The molecule has 0 rings (SSSR count). The summed E-state index contributed by atoms with van der Waals surface area (Å²) in [5, 5.41) is 0. The molecule has 0 amide bonds. The van der Waals surface area contributed by atoms with Gasteiger partial charge in [0.2, 0.25) is 0 Å². The van der Waals surface area contributed by atoms with Crippen LogP contribution in [0.25, 0.3) is 0 Å². The lowest BCUT2D eigenvalue weighted by Gasteiger charge is -2.18. The summed E-state index contributed by atoms with van der Waals surface area (Å²) in [7, 11) is 0. The average molecular weight is 926 g/mol. The van der Waals surface area contributed by atoms with Crippen LogP contribution in [-0.4, -0.2) is 37.2 Å². The molecule has 66 heavy (non-hydrogen) atoms. The van der Waals surface area contributed by atoms with Crippen LogP contribution in [0.4, 0.5) is 0 Å². The zero-order valence-electron chi connectivity index (χ0n) is 44.0. The lowest BCUT2D eigenvalue weighted by molar-refractivity contribution is -0.167. The lowest BCUT2D eigenvalue weighted by Crippen LogP contribution is -2.30. The van der Waals surface area contributed by atoms with Crippen LogP contribution in [0.3, 0.4) is 0 Å². The molecule has 0 aliphatic carbocycles. The van der Waals surface area contributed by atoms with Gasteiger partial charge in [-0.15, -0.1) is 0 Å². The van der Waals surface area contributed by atoms with Gasteiger partial charge in [0.15, 0.2) is 6.10 Å². The quantitative estimate of drug-likeness (QED) is 0.0262. The third-order valence-electron chi connectivity index (χ3n) is 12.6. The molecule has 0 fully saturated rings. The van der Waals surface area contributed by atoms with Crippen molar-refractivity contribution in [2.45, 2.75) is 303 Å². The normalized spacial score (nSPS) is 12.3. The van der Waals surface area contributed by atoms with E-state index in [1.165, 1.54) is 173 Å². The van der Waals surface area contributed by atoms with Crippen LogP contribution in [0, 0.1) is 0 Å². The number of hydrogen-bond donors (Lipinski definition) is 0. The number of unbranched alkanes of at least 4 members (excludes halogenated alkanes) is 33. The fraction of sp³-hybridized carbons (Fsp3) is 0.817. The van der Waals surface area contributed by atoms with E-state index >= 15 is 0 Å². The minimum Gasteiger partial charge on any atom is -0.462 e. The minimum atomic E-state index is -0.763. The zero-order chi connectivity index (χ0) is 47.9. The Kier molecular flexibility index (Phi) is 52.8.